The van der Waals surface area contributed by atoms with Gasteiger partial charge < -0.3 is 14.4 Å². The molecule has 0 amide bonds. The summed E-state index contributed by atoms with van der Waals surface area (Å²) in [5, 5.41) is 9.53. The molecule has 1 N–H and O–H groups in total. The summed E-state index contributed by atoms with van der Waals surface area (Å²) in [5.74, 6) is -0.243. The number of hydrogen-bond donors (Lipinski definition) is 1. The van der Waals surface area contributed by atoms with E-state index in [2.05, 4.69) is 4.98 Å². The van der Waals surface area contributed by atoms with Gasteiger partial charge in [0.05, 0.1) is 30.4 Å². The molecule has 0 saturated heterocycles. The van der Waals surface area contributed by atoms with E-state index in [0.717, 1.165) is 30.5 Å². The SMILES string of the molecule is O=C1OC2(CCC2)C(n2cncc2CO)c2ccccc21. The van der Waals surface area contributed by atoms with E-state index in [0.29, 0.717) is 5.56 Å². The van der Waals surface area contributed by atoms with Gasteiger partial charge in [-0.15, -0.1) is 0 Å². The van der Waals surface area contributed by atoms with Gasteiger partial charge in [-0.3, -0.25) is 0 Å². The van der Waals surface area contributed by atoms with Crippen molar-refractivity contribution in [1.82, 2.24) is 9.55 Å². The normalized spacial score (nSPS) is 22.5. The minimum Gasteiger partial charge on any atom is -0.453 e. The second-order valence-electron chi connectivity index (χ2n) is 5.75. The summed E-state index contributed by atoms with van der Waals surface area (Å²) in [6.45, 7) is -0.0807. The van der Waals surface area contributed by atoms with E-state index < -0.39 is 5.60 Å². The van der Waals surface area contributed by atoms with Gasteiger partial charge in [0.1, 0.15) is 11.6 Å². The first-order valence-corrected chi connectivity index (χ1v) is 7.19. The number of aromatic nitrogens is 2. The Morgan fingerprint density at radius 2 is 2.19 bits per heavy atom. The summed E-state index contributed by atoms with van der Waals surface area (Å²) in [4.78, 5) is 16.4. The third kappa shape index (κ3) is 1.67. The molecule has 1 aliphatic carbocycles. The Morgan fingerprint density at radius 1 is 1.38 bits per heavy atom. The molecule has 4 rings (SSSR count). The number of hydrogen-bond acceptors (Lipinski definition) is 4. The number of aliphatic hydroxyl groups excluding tert-OH is 1. The van der Waals surface area contributed by atoms with Gasteiger partial charge in [-0.25, -0.2) is 9.78 Å². The lowest BCUT2D eigenvalue weighted by molar-refractivity contribution is -0.0930. The molecule has 1 aromatic carbocycles. The maximum atomic E-state index is 12.3. The number of esters is 1. The summed E-state index contributed by atoms with van der Waals surface area (Å²) in [7, 11) is 0. The van der Waals surface area contributed by atoms with Crippen molar-refractivity contribution in [3.8, 4) is 0 Å². The first kappa shape index (κ1) is 12.6. The summed E-state index contributed by atoms with van der Waals surface area (Å²) < 4.78 is 7.75. The minimum atomic E-state index is -0.490. The zero-order valence-electron chi connectivity index (χ0n) is 11.5. The Hall–Kier alpha value is -2.14. The number of carbonyl (C=O) groups excluding carboxylic acids is 1. The van der Waals surface area contributed by atoms with Crippen molar-refractivity contribution < 1.29 is 14.6 Å². The minimum absolute atomic E-state index is 0.0807. The lowest BCUT2D eigenvalue weighted by atomic mass is 9.70. The predicted molar refractivity (Wildman–Crippen MR) is 74.7 cm³/mol. The van der Waals surface area contributed by atoms with Crippen LogP contribution in [0.4, 0.5) is 0 Å². The molecule has 2 aliphatic rings. The van der Waals surface area contributed by atoms with Crippen LogP contribution in [0.15, 0.2) is 36.8 Å². The van der Waals surface area contributed by atoms with E-state index in [1.165, 1.54) is 0 Å². The van der Waals surface area contributed by atoms with Crippen LogP contribution in [0.3, 0.4) is 0 Å². The Balaban J connectivity index is 1.93. The quantitative estimate of drug-likeness (QED) is 0.857. The first-order valence-electron chi connectivity index (χ1n) is 7.19. The van der Waals surface area contributed by atoms with Gasteiger partial charge in [-0.1, -0.05) is 18.2 Å². The maximum absolute atomic E-state index is 12.3. The average molecular weight is 284 g/mol. The molecular weight excluding hydrogens is 268 g/mol. The van der Waals surface area contributed by atoms with E-state index in [9.17, 15) is 9.90 Å². The molecule has 2 heterocycles. The monoisotopic (exact) mass is 284 g/mol. The number of carbonyl (C=O) groups is 1. The molecule has 2 aromatic rings. The number of rotatable bonds is 2. The Labute approximate surface area is 122 Å². The van der Waals surface area contributed by atoms with Crippen LogP contribution in [-0.4, -0.2) is 26.2 Å². The Kier molecular flexibility index (Phi) is 2.65. The zero-order valence-corrected chi connectivity index (χ0v) is 11.5. The second-order valence-corrected chi connectivity index (χ2v) is 5.75. The fourth-order valence-corrected chi connectivity index (χ4v) is 3.49. The largest absolute Gasteiger partial charge is 0.453 e. The standard InChI is InChI=1S/C16H16N2O3/c19-9-11-8-17-10-18(11)14-12-4-1-2-5-13(12)15(20)21-16(14)6-3-7-16/h1-2,4-5,8,10,14,19H,3,6-7,9H2. The summed E-state index contributed by atoms with van der Waals surface area (Å²) in [6, 6.07) is 7.45. The molecular formula is C16H16N2O3. The second kappa shape index (κ2) is 4.43. The predicted octanol–water partition coefficient (Wildman–Crippen LogP) is 2.06. The molecule has 0 radical (unpaired) electrons. The van der Waals surface area contributed by atoms with Crippen LogP contribution in [0.2, 0.25) is 0 Å². The zero-order chi connectivity index (χ0) is 14.4. The van der Waals surface area contributed by atoms with Crippen molar-refractivity contribution in [2.75, 3.05) is 0 Å². The van der Waals surface area contributed by atoms with Crippen LogP contribution in [-0.2, 0) is 11.3 Å². The van der Waals surface area contributed by atoms with Crippen LogP contribution in [0.5, 0.6) is 0 Å². The van der Waals surface area contributed by atoms with E-state index in [1.807, 2.05) is 22.8 Å². The van der Waals surface area contributed by atoms with Crippen LogP contribution in [0.1, 0.15) is 46.9 Å². The van der Waals surface area contributed by atoms with Crippen molar-refractivity contribution >= 4 is 5.97 Å². The number of ether oxygens (including phenoxy) is 1. The van der Waals surface area contributed by atoms with Crippen molar-refractivity contribution in [2.45, 2.75) is 37.5 Å². The van der Waals surface area contributed by atoms with Crippen LogP contribution >= 0.6 is 0 Å². The third-order valence-corrected chi connectivity index (χ3v) is 4.66. The number of nitrogens with zero attached hydrogens (tertiary/aromatic N) is 2. The number of benzene rings is 1. The molecule has 5 heteroatoms. The van der Waals surface area contributed by atoms with Crippen molar-refractivity contribution in [2.24, 2.45) is 0 Å². The summed E-state index contributed by atoms with van der Waals surface area (Å²) in [6.07, 6.45) is 6.12. The van der Waals surface area contributed by atoms with Gasteiger partial charge in [0.2, 0.25) is 0 Å². The fraction of sp³-hybridized carbons (Fsp3) is 0.375. The highest BCUT2D eigenvalue weighted by Gasteiger charge is 2.53. The van der Waals surface area contributed by atoms with E-state index >= 15 is 0 Å². The van der Waals surface area contributed by atoms with Crippen LogP contribution in [0, 0.1) is 0 Å². The van der Waals surface area contributed by atoms with Crippen LogP contribution in [0.25, 0.3) is 0 Å². The van der Waals surface area contributed by atoms with Gasteiger partial charge in [0.25, 0.3) is 0 Å². The van der Waals surface area contributed by atoms with Gasteiger partial charge in [-0.2, -0.15) is 0 Å². The van der Waals surface area contributed by atoms with E-state index in [-0.39, 0.29) is 18.6 Å². The molecule has 1 saturated carbocycles. The molecule has 1 fully saturated rings. The van der Waals surface area contributed by atoms with Crippen LogP contribution < -0.4 is 0 Å². The average Bonchev–Trinajstić information content (AvgIpc) is 2.93. The van der Waals surface area contributed by atoms with Gasteiger partial charge in [0.15, 0.2) is 0 Å². The van der Waals surface area contributed by atoms with Crippen molar-refractivity contribution in [3.05, 3.63) is 53.6 Å². The molecule has 1 atom stereocenters. The molecule has 1 aliphatic heterocycles. The highest BCUT2D eigenvalue weighted by atomic mass is 16.6. The molecule has 1 aromatic heterocycles. The van der Waals surface area contributed by atoms with Gasteiger partial charge in [0, 0.05) is 0 Å². The molecule has 5 nitrogen and oxygen atoms in total. The highest BCUT2D eigenvalue weighted by molar-refractivity contribution is 5.93. The Bertz CT molecular complexity index is 703. The fourth-order valence-electron chi connectivity index (χ4n) is 3.49. The summed E-state index contributed by atoms with van der Waals surface area (Å²) in [5.41, 5.74) is 1.81. The molecule has 1 spiro atoms. The number of fused-ring (bicyclic) bond motifs is 1. The molecule has 21 heavy (non-hydrogen) atoms. The first-order chi connectivity index (χ1) is 10.2. The summed E-state index contributed by atoms with van der Waals surface area (Å²) >= 11 is 0. The maximum Gasteiger partial charge on any atom is 0.339 e. The number of aliphatic hydroxyl groups is 1. The van der Waals surface area contributed by atoms with Gasteiger partial charge in [-0.05, 0) is 30.9 Å². The third-order valence-electron chi connectivity index (χ3n) is 4.66. The smallest absolute Gasteiger partial charge is 0.339 e. The highest BCUT2D eigenvalue weighted by Crippen LogP contribution is 2.51. The van der Waals surface area contributed by atoms with Crippen molar-refractivity contribution in [1.29, 1.82) is 0 Å². The molecule has 108 valence electrons. The molecule has 0 bridgehead atoms. The topological polar surface area (TPSA) is 64.4 Å². The van der Waals surface area contributed by atoms with E-state index in [1.54, 1.807) is 18.6 Å². The van der Waals surface area contributed by atoms with E-state index in [4.69, 9.17) is 4.74 Å². The number of imidazole rings is 1. The lowest BCUT2D eigenvalue weighted by Crippen LogP contribution is -2.53. The molecule has 1 unspecified atom stereocenters. The van der Waals surface area contributed by atoms with Gasteiger partial charge >= 0.3 is 5.97 Å². The van der Waals surface area contributed by atoms with Crippen molar-refractivity contribution in [3.63, 3.8) is 0 Å². The lowest BCUT2D eigenvalue weighted by Gasteiger charge is -2.50. The Morgan fingerprint density at radius 3 is 2.90 bits per heavy atom.